The van der Waals surface area contributed by atoms with Crippen molar-refractivity contribution in [2.75, 3.05) is 92.1 Å². The number of hydrogen-bond acceptors (Lipinski definition) is 14. The maximum atomic E-state index is 13.0. The van der Waals surface area contributed by atoms with Gasteiger partial charge in [0.05, 0.1) is 78.3 Å². The Balaban J connectivity index is 0.500. The van der Waals surface area contributed by atoms with Crippen molar-refractivity contribution in [3.05, 3.63) is 203 Å². The molecule has 0 spiro atoms. The first-order chi connectivity index (χ1) is 45.3. The van der Waals surface area contributed by atoms with Crippen molar-refractivity contribution in [2.24, 2.45) is 0 Å². The van der Waals surface area contributed by atoms with Gasteiger partial charge in [-0.2, -0.15) is 0 Å². The minimum absolute atomic E-state index is 0.0396. The van der Waals surface area contributed by atoms with Crippen LogP contribution in [0.2, 0.25) is 0 Å². The van der Waals surface area contributed by atoms with E-state index in [2.05, 4.69) is 103 Å². The highest BCUT2D eigenvalue weighted by atomic mass is 16.6. The van der Waals surface area contributed by atoms with Crippen molar-refractivity contribution < 1.29 is 38.0 Å². The average molecular weight is 1250 g/mol. The summed E-state index contributed by atoms with van der Waals surface area (Å²) in [5.41, 5.74) is 12.9. The Hall–Kier alpha value is -8.10. The van der Waals surface area contributed by atoms with Crippen LogP contribution in [0.15, 0.2) is 158 Å². The van der Waals surface area contributed by atoms with Crippen LogP contribution in [-0.4, -0.2) is 156 Å². The van der Waals surface area contributed by atoms with Gasteiger partial charge >= 0.3 is 0 Å². The molecule has 0 bridgehead atoms. The molecule has 0 aliphatic heterocycles. The number of rotatable bonds is 41. The number of aromatic nitrogens is 6. The molecule has 0 atom stereocenters. The molecule has 8 aromatic rings. The third-order valence-electron chi connectivity index (χ3n) is 17.1. The van der Waals surface area contributed by atoms with E-state index in [1.54, 1.807) is 9.36 Å². The second-order valence-electron chi connectivity index (χ2n) is 23.8. The number of benzene rings is 6. The molecule has 2 aliphatic rings. The lowest BCUT2D eigenvalue weighted by Gasteiger charge is -2.28. The SMILES string of the molecule is CCCN(CCCCNC(=O)c1ccc(-c2ccc(OCc3cn(CCOCCOCCOCCOCCn4cc(COc5ccc(-c6ccc(C(=O)NCCCCN(CCC)C7Cc8ccccc8C7)cc6)cc5)nn4)nn3)cc2)cc1)C1Cc2ccccc2C1. The highest BCUT2D eigenvalue weighted by Crippen LogP contribution is 2.29. The van der Waals surface area contributed by atoms with Crippen LogP contribution in [0.3, 0.4) is 0 Å². The summed E-state index contributed by atoms with van der Waals surface area (Å²) in [6, 6.07) is 50.2. The second kappa shape index (κ2) is 36.2. The molecular formula is C74H92N10O8. The predicted molar refractivity (Wildman–Crippen MR) is 358 cm³/mol. The summed E-state index contributed by atoms with van der Waals surface area (Å²) in [6.45, 7) is 15.6. The van der Waals surface area contributed by atoms with E-state index in [1.165, 1.54) is 22.3 Å². The van der Waals surface area contributed by atoms with Gasteiger partial charge in [-0.15, -0.1) is 10.2 Å². The average Bonchev–Trinajstić information content (AvgIpc) is 1.85. The Kier molecular flexibility index (Phi) is 26.3. The van der Waals surface area contributed by atoms with Crippen molar-refractivity contribution in [3.8, 4) is 33.8 Å². The van der Waals surface area contributed by atoms with E-state index >= 15 is 0 Å². The van der Waals surface area contributed by atoms with E-state index in [0.717, 1.165) is 136 Å². The maximum Gasteiger partial charge on any atom is 0.251 e. The van der Waals surface area contributed by atoms with Gasteiger partial charge in [0.2, 0.25) is 0 Å². The predicted octanol–water partition coefficient (Wildman–Crippen LogP) is 10.9. The van der Waals surface area contributed by atoms with Crippen LogP contribution in [-0.2, 0) is 70.9 Å². The van der Waals surface area contributed by atoms with Gasteiger partial charge in [-0.25, -0.2) is 9.36 Å². The number of fused-ring (bicyclic) bond motifs is 2. The van der Waals surface area contributed by atoms with Gasteiger partial charge in [-0.1, -0.05) is 121 Å². The zero-order chi connectivity index (χ0) is 63.4. The molecule has 92 heavy (non-hydrogen) atoms. The van der Waals surface area contributed by atoms with E-state index in [-0.39, 0.29) is 25.0 Å². The first kappa shape index (κ1) is 66.8. The number of ether oxygens (including phenoxy) is 6. The molecule has 2 aliphatic carbocycles. The topological polar surface area (TPSA) is 181 Å². The standard InChI is InChI=1S/C74H92N10O8/c1-3-35-81(69-49-63-13-5-6-14-64(63)50-69)37-11-9-33-75-73(85)61-21-17-57(18-22-61)59-25-29-71(30-26-59)91-55-67-53-83(79-77-67)39-41-87-43-45-89-47-48-90-46-44-88-42-40-84-54-68(78-80-84)56-92-72-31-27-60(28-32-72)58-19-23-62(24-20-58)74(86)76-34-10-12-38-82(36-4-2)70-51-65-15-7-8-16-66(65)52-70/h5-8,13-32,53-54,69-70H,3-4,9-12,33-52,55-56H2,1-2H3,(H,75,85)(H,76,86). The normalized spacial score (nSPS) is 13.0. The summed E-state index contributed by atoms with van der Waals surface area (Å²) < 4.78 is 38.3. The van der Waals surface area contributed by atoms with Gasteiger partial charge in [0, 0.05) is 36.3 Å². The van der Waals surface area contributed by atoms with Crippen LogP contribution in [0.25, 0.3) is 22.3 Å². The molecule has 0 fully saturated rings. The fraction of sp³-hybridized carbons (Fsp3) is 0.432. The van der Waals surface area contributed by atoms with Gasteiger partial charge in [-0.3, -0.25) is 19.4 Å². The minimum atomic E-state index is -0.0396. The third-order valence-corrected chi connectivity index (χ3v) is 17.1. The lowest BCUT2D eigenvalue weighted by Crippen LogP contribution is -2.37. The summed E-state index contributed by atoms with van der Waals surface area (Å²) in [5.74, 6) is 1.38. The van der Waals surface area contributed by atoms with Gasteiger partial charge in [0.15, 0.2) is 0 Å². The Bertz CT molecular complexity index is 3190. The minimum Gasteiger partial charge on any atom is -0.487 e. The maximum absolute atomic E-state index is 13.0. The summed E-state index contributed by atoms with van der Waals surface area (Å²) in [7, 11) is 0. The van der Waals surface area contributed by atoms with E-state index < -0.39 is 0 Å². The Morgan fingerprint density at radius 1 is 0.435 bits per heavy atom. The molecular weight excluding hydrogens is 1160 g/mol. The quantitative estimate of drug-likeness (QED) is 0.0345. The fourth-order valence-corrected chi connectivity index (χ4v) is 12.1. The molecule has 0 saturated carbocycles. The van der Waals surface area contributed by atoms with Crippen LogP contribution >= 0.6 is 0 Å². The van der Waals surface area contributed by atoms with Crippen LogP contribution in [0.5, 0.6) is 11.5 Å². The summed E-state index contributed by atoms with van der Waals surface area (Å²) in [4.78, 5) is 31.2. The summed E-state index contributed by atoms with van der Waals surface area (Å²) in [6.07, 6.45) is 14.6. The van der Waals surface area contributed by atoms with Gasteiger partial charge in [-0.05, 0) is 183 Å². The van der Waals surface area contributed by atoms with E-state index in [0.29, 0.717) is 102 Å². The zero-order valence-corrected chi connectivity index (χ0v) is 53.8. The molecule has 2 aromatic heterocycles. The third kappa shape index (κ3) is 20.7. The van der Waals surface area contributed by atoms with Crippen LogP contribution in [0, 0.1) is 0 Å². The first-order valence-electron chi connectivity index (χ1n) is 33.3. The number of hydrogen-bond donors (Lipinski definition) is 2. The van der Waals surface area contributed by atoms with Crippen molar-refractivity contribution in [1.82, 2.24) is 50.4 Å². The van der Waals surface area contributed by atoms with Crippen LogP contribution < -0.4 is 20.1 Å². The number of amides is 2. The number of nitrogens with one attached hydrogen (secondary N) is 2. The van der Waals surface area contributed by atoms with Gasteiger partial charge in [0.25, 0.3) is 11.8 Å². The largest absolute Gasteiger partial charge is 0.487 e. The molecule has 10 rings (SSSR count). The monoisotopic (exact) mass is 1250 g/mol. The van der Waals surface area contributed by atoms with E-state index in [4.69, 9.17) is 28.4 Å². The smallest absolute Gasteiger partial charge is 0.251 e. The molecule has 0 radical (unpaired) electrons. The van der Waals surface area contributed by atoms with Crippen molar-refractivity contribution >= 4 is 11.8 Å². The molecule has 0 saturated heterocycles. The lowest BCUT2D eigenvalue weighted by molar-refractivity contribution is -0.00370. The Labute approximate surface area is 542 Å². The summed E-state index contributed by atoms with van der Waals surface area (Å²) >= 11 is 0. The number of carbonyl (C=O) groups is 2. The molecule has 18 heteroatoms. The van der Waals surface area contributed by atoms with Gasteiger partial charge in [0.1, 0.15) is 36.1 Å². The van der Waals surface area contributed by atoms with E-state index in [1.807, 2.05) is 109 Å². The number of unbranched alkanes of at least 4 members (excludes halogenated alkanes) is 2. The molecule has 18 nitrogen and oxygen atoms in total. The van der Waals surface area contributed by atoms with Crippen LogP contribution in [0.4, 0.5) is 0 Å². The van der Waals surface area contributed by atoms with Crippen molar-refractivity contribution in [2.45, 2.75) is 116 Å². The fourth-order valence-electron chi connectivity index (χ4n) is 12.1. The number of carbonyl (C=O) groups excluding carboxylic acids is 2. The molecule has 0 unspecified atom stereocenters. The first-order valence-corrected chi connectivity index (χ1v) is 33.3. The van der Waals surface area contributed by atoms with E-state index in [9.17, 15) is 9.59 Å². The molecule has 6 aromatic carbocycles. The zero-order valence-electron chi connectivity index (χ0n) is 53.8. The molecule has 2 amide bonds. The highest BCUT2D eigenvalue weighted by molar-refractivity contribution is 5.95. The van der Waals surface area contributed by atoms with Gasteiger partial charge < -0.3 is 39.1 Å². The van der Waals surface area contributed by atoms with Crippen molar-refractivity contribution in [1.29, 1.82) is 0 Å². The van der Waals surface area contributed by atoms with Crippen LogP contribution in [0.1, 0.15) is 107 Å². The molecule has 2 N–H and O–H groups in total. The summed E-state index contributed by atoms with van der Waals surface area (Å²) in [5, 5.41) is 23.2. The molecule has 486 valence electrons. The number of nitrogens with zero attached hydrogens (tertiary/aromatic N) is 8. The Morgan fingerprint density at radius 3 is 1.12 bits per heavy atom. The second-order valence-corrected chi connectivity index (χ2v) is 23.8. The highest BCUT2D eigenvalue weighted by Gasteiger charge is 2.27. The molecule has 2 heterocycles. The lowest BCUT2D eigenvalue weighted by atomic mass is 10.0. The Morgan fingerprint density at radius 2 is 0.772 bits per heavy atom. The van der Waals surface area contributed by atoms with Crippen molar-refractivity contribution in [3.63, 3.8) is 0 Å².